The van der Waals surface area contributed by atoms with Crippen LogP contribution in [0.4, 0.5) is 0 Å². The highest BCUT2D eigenvalue weighted by molar-refractivity contribution is 6.32. The lowest BCUT2D eigenvalue weighted by Crippen LogP contribution is -2.26. The summed E-state index contributed by atoms with van der Waals surface area (Å²) < 4.78 is 0. The van der Waals surface area contributed by atoms with Gasteiger partial charge in [-0.05, 0) is 37.7 Å². The van der Waals surface area contributed by atoms with Crippen molar-refractivity contribution >= 4 is 22.5 Å². The summed E-state index contributed by atoms with van der Waals surface area (Å²) in [6.07, 6.45) is 0. The minimum Gasteiger partial charge on any atom is -0.297 e. The Morgan fingerprint density at radius 2 is 1.78 bits per heavy atom. The Morgan fingerprint density at radius 3 is 2.43 bits per heavy atom. The van der Waals surface area contributed by atoms with Crippen LogP contribution >= 0.6 is 11.6 Å². The van der Waals surface area contributed by atoms with Crippen molar-refractivity contribution in [3.05, 3.63) is 53.1 Å². The van der Waals surface area contributed by atoms with Crippen LogP contribution in [-0.2, 0) is 0 Å². The first-order valence-corrected chi connectivity index (χ1v) is 8.51. The zero-order valence-electron chi connectivity index (χ0n) is 13.8. The van der Waals surface area contributed by atoms with E-state index in [-0.39, 0.29) is 6.04 Å². The summed E-state index contributed by atoms with van der Waals surface area (Å²) in [6, 6.07) is 14.5. The number of benzene rings is 2. The van der Waals surface area contributed by atoms with E-state index in [1.165, 1.54) is 0 Å². The molecule has 3 rings (SSSR count). The van der Waals surface area contributed by atoms with Gasteiger partial charge in [-0.15, -0.1) is 0 Å². The normalized spacial score (nSPS) is 12.9. The molecule has 0 bridgehead atoms. The van der Waals surface area contributed by atoms with Crippen LogP contribution in [0.25, 0.3) is 22.2 Å². The standard InChI is InChI=1S/C19H22ClN3/c1-4-23(5-2)13(3)17-15(20)11-12-16-18(17)19(22-21-16)14-9-7-6-8-10-14/h6-13H,4-5H2,1-3H3,(H,21,22). The maximum Gasteiger partial charge on any atom is 0.100 e. The van der Waals surface area contributed by atoms with Crippen LogP contribution in [0.1, 0.15) is 32.4 Å². The molecule has 23 heavy (non-hydrogen) atoms. The van der Waals surface area contributed by atoms with E-state index in [1.54, 1.807) is 0 Å². The molecule has 0 aliphatic carbocycles. The largest absolute Gasteiger partial charge is 0.297 e. The summed E-state index contributed by atoms with van der Waals surface area (Å²) in [4.78, 5) is 2.41. The molecule has 0 aliphatic rings. The lowest BCUT2D eigenvalue weighted by molar-refractivity contribution is 0.236. The van der Waals surface area contributed by atoms with E-state index < -0.39 is 0 Å². The van der Waals surface area contributed by atoms with Gasteiger partial charge in [-0.2, -0.15) is 5.10 Å². The molecule has 0 saturated carbocycles. The van der Waals surface area contributed by atoms with Crippen molar-refractivity contribution in [2.24, 2.45) is 0 Å². The van der Waals surface area contributed by atoms with Gasteiger partial charge in [-0.25, -0.2) is 0 Å². The van der Waals surface area contributed by atoms with Gasteiger partial charge < -0.3 is 0 Å². The zero-order valence-corrected chi connectivity index (χ0v) is 14.6. The molecular weight excluding hydrogens is 306 g/mol. The van der Waals surface area contributed by atoms with Gasteiger partial charge in [0.05, 0.1) is 5.52 Å². The summed E-state index contributed by atoms with van der Waals surface area (Å²) in [7, 11) is 0. The van der Waals surface area contributed by atoms with Gasteiger partial charge in [0.25, 0.3) is 0 Å². The number of aromatic nitrogens is 2. The average molecular weight is 328 g/mol. The first-order chi connectivity index (χ1) is 11.2. The molecule has 120 valence electrons. The predicted molar refractivity (Wildman–Crippen MR) is 97.9 cm³/mol. The molecule has 0 fully saturated rings. The van der Waals surface area contributed by atoms with E-state index in [2.05, 4.69) is 48.0 Å². The molecule has 0 aliphatic heterocycles. The van der Waals surface area contributed by atoms with Crippen molar-refractivity contribution in [1.29, 1.82) is 0 Å². The third kappa shape index (κ3) is 2.87. The summed E-state index contributed by atoms with van der Waals surface area (Å²) in [5, 5.41) is 9.64. The van der Waals surface area contributed by atoms with Crippen LogP contribution < -0.4 is 0 Å². The maximum atomic E-state index is 6.60. The van der Waals surface area contributed by atoms with Gasteiger partial charge >= 0.3 is 0 Å². The number of halogens is 1. The number of rotatable bonds is 5. The summed E-state index contributed by atoms with van der Waals surface area (Å²) in [6.45, 7) is 8.56. The molecule has 1 heterocycles. The third-order valence-corrected chi connectivity index (χ3v) is 4.87. The van der Waals surface area contributed by atoms with Crippen molar-refractivity contribution in [1.82, 2.24) is 15.1 Å². The zero-order chi connectivity index (χ0) is 16.4. The fourth-order valence-corrected chi connectivity index (χ4v) is 3.60. The molecule has 1 aromatic heterocycles. The smallest absolute Gasteiger partial charge is 0.100 e. The Bertz CT molecular complexity index is 791. The van der Waals surface area contributed by atoms with Crippen LogP contribution in [0.2, 0.25) is 5.02 Å². The van der Waals surface area contributed by atoms with Crippen LogP contribution in [0.3, 0.4) is 0 Å². The first kappa shape index (κ1) is 16.0. The van der Waals surface area contributed by atoms with Crippen molar-refractivity contribution < 1.29 is 0 Å². The number of nitrogens with zero attached hydrogens (tertiary/aromatic N) is 2. The molecule has 1 unspecified atom stereocenters. The molecule has 0 spiro atoms. The molecule has 3 aromatic rings. The number of H-pyrrole nitrogens is 1. The second kappa shape index (κ2) is 6.73. The fraction of sp³-hybridized carbons (Fsp3) is 0.316. The van der Waals surface area contributed by atoms with Crippen molar-refractivity contribution in [3.8, 4) is 11.3 Å². The molecule has 1 atom stereocenters. The quantitative estimate of drug-likeness (QED) is 0.690. The van der Waals surface area contributed by atoms with Gasteiger partial charge in [0.1, 0.15) is 5.69 Å². The van der Waals surface area contributed by atoms with Crippen molar-refractivity contribution in [3.63, 3.8) is 0 Å². The SMILES string of the molecule is CCN(CC)C(C)c1c(Cl)ccc2[nH]nc(-c3ccccc3)c12. The first-order valence-electron chi connectivity index (χ1n) is 8.13. The average Bonchev–Trinajstić information content (AvgIpc) is 3.00. The topological polar surface area (TPSA) is 31.9 Å². The number of fused-ring (bicyclic) bond motifs is 1. The van der Waals surface area contributed by atoms with Crippen molar-refractivity contribution in [2.45, 2.75) is 26.8 Å². The van der Waals surface area contributed by atoms with E-state index in [1.807, 2.05) is 30.3 Å². The Balaban J connectivity index is 2.24. The van der Waals surface area contributed by atoms with Gasteiger partial charge in [-0.3, -0.25) is 10.00 Å². The second-order valence-corrected chi connectivity index (χ2v) is 6.13. The number of nitrogens with one attached hydrogen (secondary N) is 1. The molecular formula is C19H22ClN3. The van der Waals surface area contributed by atoms with Crippen LogP contribution in [0.15, 0.2) is 42.5 Å². The Hall–Kier alpha value is -1.84. The highest BCUT2D eigenvalue weighted by atomic mass is 35.5. The second-order valence-electron chi connectivity index (χ2n) is 5.72. The highest BCUT2D eigenvalue weighted by Crippen LogP contribution is 2.38. The predicted octanol–water partition coefficient (Wildman–Crippen LogP) is 5.29. The highest BCUT2D eigenvalue weighted by Gasteiger charge is 2.22. The van der Waals surface area contributed by atoms with Crippen LogP contribution in [-0.4, -0.2) is 28.2 Å². The maximum absolute atomic E-state index is 6.60. The van der Waals surface area contributed by atoms with Crippen LogP contribution in [0.5, 0.6) is 0 Å². The Morgan fingerprint density at radius 1 is 1.09 bits per heavy atom. The molecule has 0 amide bonds. The minimum atomic E-state index is 0.237. The number of aromatic amines is 1. The van der Waals surface area contributed by atoms with E-state index >= 15 is 0 Å². The number of hydrogen-bond acceptors (Lipinski definition) is 2. The lowest BCUT2D eigenvalue weighted by Gasteiger charge is -2.28. The lowest BCUT2D eigenvalue weighted by atomic mass is 9.97. The van der Waals surface area contributed by atoms with Gasteiger partial charge in [0.2, 0.25) is 0 Å². The van der Waals surface area contributed by atoms with E-state index in [9.17, 15) is 0 Å². The Kier molecular flexibility index (Phi) is 4.69. The van der Waals surface area contributed by atoms with Gasteiger partial charge in [0.15, 0.2) is 0 Å². The minimum absolute atomic E-state index is 0.237. The van der Waals surface area contributed by atoms with E-state index in [4.69, 9.17) is 11.6 Å². The van der Waals surface area contributed by atoms with Crippen LogP contribution in [0, 0.1) is 0 Å². The molecule has 1 N–H and O–H groups in total. The Labute approximate surface area is 142 Å². The summed E-state index contributed by atoms with van der Waals surface area (Å²) in [5.74, 6) is 0. The molecule has 0 radical (unpaired) electrons. The monoisotopic (exact) mass is 327 g/mol. The molecule has 4 heteroatoms. The third-order valence-electron chi connectivity index (χ3n) is 4.54. The van der Waals surface area contributed by atoms with Gasteiger partial charge in [-0.1, -0.05) is 55.8 Å². The van der Waals surface area contributed by atoms with Crippen molar-refractivity contribution in [2.75, 3.05) is 13.1 Å². The molecule has 0 saturated heterocycles. The van der Waals surface area contributed by atoms with Gasteiger partial charge in [0, 0.05) is 22.0 Å². The summed E-state index contributed by atoms with van der Waals surface area (Å²) in [5.41, 5.74) is 4.26. The van der Waals surface area contributed by atoms with E-state index in [0.717, 1.165) is 45.8 Å². The van der Waals surface area contributed by atoms with E-state index in [0.29, 0.717) is 0 Å². The number of hydrogen-bond donors (Lipinski definition) is 1. The molecule has 2 aromatic carbocycles. The summed E-state index contributed by atoms with van der Waals surface area (Å²) >= 11 is 6.60. The fourth-order valence-electron chi connectivity index (χ4n) is 3.28. The molecule has 3 nitrogen and oxygen atoms in total.